The average molecular weight is 427 g/mol. The van der Waals surface area contributed by atoms with Crippen molar-refractivity contribution in [3.63, 3.8) is 0 Å². The molecule has 8 heteroatoms. The minimum absolute atomic E-state index is 0.0239. The summed E-state index contributed by atoms with van der Waals surface area (Å²) in [6.45, 7) is 0.649. The van der Waals surface area contributed by atoms with Gasteiger partial charge in [-0.15, -0.1) is 0 Å². The Morgan fingerprint density at radius 3 is 2.67 bits per heavy atom. The Morgan fingerprint density at radius 1 is 1.07 bits per heavy atom. The standard InChI is InChI=1S/C22H23ClN4O3/c23-17-7-3-1-5-15(17)13-24-19(28)14-27-12-11-22(10-9-20(27)29)25-18-8-4-2-6-16(18)21(30)26-22/h1-8,25H,9-14H2,(H,24,28)(H,26,30). The number of anilines is 1. The van der Waals surface area contributed by atoms with E-state index in [0.29, 0.717) is 36.5 Å². The molecule has 2 aromatic carbocycles. The van der Waals surface area contributed by atoms with Crippen LogP contribution in [0.5, 0.6) is 0 Å². The van der Waals surface area contributed by atoms with Crippen molar-refractivity contribution in [2.24, 2.45) is 0 Å². The highest BCUT2D eigenvalue weighted by molar-refractivity contribution is 6.31. The highest BCUT2D eigenvalue weighted by atomic mass is 35.5. The summed E-state index contributed by atoms with van der Waals surface area (Å²) in [5.74, 6) is -0.498. The van der Waals surface area contributed by atoms with Gasteiger partial charge in [-0.1, -0.05) is 41.9 Å². The third kappa shape index (κ3) is 4.26. The van der Waals surface area contributed by atoms with E-state index in [9.17, 15) is 14.4 Å². The molecule has 2 aliphatic heterocycles. The summed E-state index contributed by atoms with van der Waals surface area (Å²) < 4.78 is 0. The number of likely N-dealkylation sites (tertiary alicyclic amines) is 1. The number of carbonyl (C=O) groups excluding carboxylic acids is 3. The predicted octanol–water partition coefficient (Wildman–Crippen LogP) is 2.52. The quantitative estimate of drug-likeness (QED) is 0.700. The molecule has 0 bridgehead atoms. The SMILES string of the molecule is O=C(CN1CCC2(CCC1=O)NC(=O)c1ccccc1N2)NCc1ccccc1Cl. The normalized spacial score (nSPS) is 20.8. The van der Waals surface area contributed by atoms with E-state index in [1.165, 1.54) is 0 Å². The maximum atomic E-state index is 12.6. The Balaban J connectivity index is 1.38. The number of rotatable bonds is 4. The molecule has 2 heterocycles. The lowest BCUT2D eigenvalue weighted by atomic mass is 9.95. The summed E-state index contributed by atoms with van der Waals surface area (Å²) in [4.78, 5) is 39.1. The van der Waals surface area contributed by atoms with Gasteiger partial charge in [0.05, 0.1) is 12.1 Å². The maximum Gasteiger partial charge on any atom is 0.255 e. The molecule has 1 fully saturated rings. The van der Waals surface area contributed by atoms with Gasteiger partial charge in [-0.3, -0.25) is 14.4 Å². The van der Waals surface area contributed by atoms with Crippen LogP contribution in [0.25, 0.3) is 0 Å². The number of fused-ring (bicyclic) bond motifs is 1. The van der Waals surface area contributed by atoms with Crippen LogP contribution in [0.15, 0.2) is 48.5 Å². The minimum atomic E-state index is -0.691. The molecule has 3 N–H and O–H groups in total. The van der Waals surface area contributed by atoms with E-state index >= 15 is 0 Å². The molecule has 4 rings (SSSR count). The van der Waals surface area contributed by atoms with E-state index in [4.69, 9.17) is 11.6 Å². The molecule has 0 aromatic heterocycles. The Bertz CT molecular complexity index is 996. The van der Waals surface area contributed by atoms with Gasteiger partial charge < -0.3 is 20.9 Å². The average Bonchev–Trinajstić information content (AvgIpc) is 2.87. The van der Waals surface area contributed by atoms with Crippen LogP contribution in [-0.4, -0.2) is 41.4 Å². The number of para-hydroxylation sites is 1. The van der Waals surface area contributed by atoms with Crippen LogP contribution in [0.1, 0.15) is 35.2 Å². The van der Waals surface area contributed by atoms with Crippen LogP contribution in [0.3, 0.4) is 0 Å². The summed E-state index contributed by atoms with van der Waals surface area (Å²) in [5, 5.41) is 9.84. The van der Waals surface area contributed by atoms with Gasteiger partial charge >= 0.3 is 0 Å². The monoisotopic (exact) mass is 426 g/mol. The van der Waals surface area contributed by atoms with Gasteiger partial charge in [-0.05, 0) is 30.2 Å². The lowest BCUT2D eigenvalue weighted by Crippen LogP contribution is -2.58. The van der Waals surface area contributed by atoms with Crippen LogP contribution in [0.4, 0.5) is 5.69 Å². The van der Waals surface area contributed by atoms with E-state index in [0.717, 1.165) is 11.3 Å². The third-order valence-corrected chi connectivity index (χ3v) is 5.96. The molecule has 1 atom stereocenters. The molecule has 0 radical (unpaired) electrons. The topological polar surface area (TPSA) is 90.5 Å². The molecule has 2 aliphatic rings. The van der Waals surface area contributed by atoms with Gasteiger partial charge in [0.25, 0.3) is 5.91 Å². The van der Waals surface area contributed by atoms with Crippen molar-refractivity contribution in [1.82, 2.24) is 15.5 Å². The number of benzene rings is 2. The fourth-order valence-corrected chi connectivity index (χ4v) is 4.10. The zero-order chi connectivity index (χ0) is 21.1. The first kappa shape index (κ1) is 20.2. The number of halogens is 1. The number of hydrogen-bond acceptors (Lipinski definition) is 4. The molecule has 2 aromatic rings. The summed E-state index contributed by atoms with van der Waals surface area (Å²) in [6.07, 6.45) is 1.22. The van der Waals surface area contributed by atoms with Crippen molar-refractivity contribution in [3.8, 4) is 0 Å². The van der Waals surface area contributed by atoms with Crippen molar-refractivity contribution in [2.45, 2.75) is 31.5 Å². The molecule has 7 nitrogen and oxygen atoms in total. The summed E-state index contributed by atoms with van der Waals surface area (Å²) >= 11 is 6.12. The van der Waals surface area contributed by atoms with Gasteiger partial charge in [0.1, 0.15) is 5.66 Å². The summed E-state index contributed by atoms with van der Waals surface area (Å²) in [5.41, 5.74) is 1.49. The second kappa shape index (κ2) is 8.36. The summed E-state index contributed by atoms with van der Waals surface area (Å²) in [7, 11) is 0. The molecule has 1 saturated heterocycles. The highest BCUT2D eigenvalue weighted by Gasteiger charge is 2.40. The fourth-order valence-electron chi connectivity index (χ4n) is 3.90. The predicted molar refractivity (Wildman–Crippen MR) is 114 cm³/mol. The van der Waals surface area contributed by atoms with Gasteiger partial charge in [0.2, 0.25) is 11.8 Å². The fraction of sp³-hybridized carbons (Fsp3) is 0.318. The van der Waals surface area contributed by atoms with Gasteiger partial charge in [-0.25, -0.2) is 0 Å². The van der Waals surface area contributed by atoms with Gasteiger partial charge in [-0.2, -0.15) is 0 Å². The number of hydrogen-bond donors (Lipinski definition) is 3. The van der Waals surface area contributed by atoms with Crippen LogP contribution in [0.2, 0.25) is 5.02 Å². The Kier molecular flexibility index (Phi) is 5.63. The molecule has 156 valence electrons. The van der Waals surface area contributed by atoms with Crippen LogP contribution in [0, 0.1) is 0 Å². The maximum absolute atomic E-state index is 12.6. The molecule has 1 unspecified atom stereocenters. The first-order valence-electron chi connectivity index (χ1n) is 9.93. The van der Waals surface area contributed by atoms with E-state index in [2.05, 4.69) is 16.0 Å². The zero-order valence-electron chi connectivity index (χ0n) is 16.4. The van der Waals surface area contributed by atoms with E-state index in [1.807, 2.05) is 36.4 Å². The minimum Gasteiger partial charge on any atom is -0.362 e. The van der Waals surface area contributed by atoms with Crippen LogP contribution in [-0.2, 0) is 16.1 Å². The third-order valence-electron chi connectivity index (χ3n) is 5.59. The van der Waals surface area contributed by atoms with E-state index < -0.39 is 5.66 Å². The Labute approximate surface area is 179 Å². The number of amides is 3. The molecule has 1 spiro atoms. The number of nitrogens with zero attached hydrogens (tertiary/aromatic N) is 1. The van der Waals surface area contributed by atoms with Crippen molar-refractivity contribution < 1.29 is 14.4 Å². The zero-order valence-corrected chi connectivity index (χ0v) is 17.2. The molecule has 30 heavy (non-hydrogen) atoms. The van der Waals surface area contributed by atoms with Gasteiger partial charge in [0.15, 0.2) is 0 Å². The number of carbonyl (C=O) groups is 3. The van der Waals surface area contributed by atoms with Crippen LogP contribution >= 0.6 is 11.6 Å². The second-order valence-electron chi connectivity index (χ2n) is 7.64. The molecule has 0 aliphatic carbocycles. The first-order chi connectivity index (χ1) is 14.5. The molecular formula is C22H23ClN4O3. The van der Waals surface area contributed by atoms with E-state index in [-0.39, 0.29) is 30.7 Å². The van der Waals surface area contributed by atoms with E-state index in [1.54, 1.807) is 17.0 Å². The summed E-state index contributed by atoms with van der Waals surface area (Å²) in [6, 6.07) is 14.6. The van der Waals surface area contributed by atoms with Gasteiger partial charge in [0, 0.05) is 36.6 Å². The Morgan fingerprint density at radius 2 is 1.83 bits per heavy atom. The van der Waals surface area contributed by atoms with Crippen molar-refractivity contribution >= 4 is 35.0 Å². The molecule has 0 saturated carbocycles. The highest BCUT2D eigenvalue weighted by Crippen LogP contribution is 2.31. The Hall–Kier alpha value is -3.06. The molecular weight excluding hydrogens is 404 g/mol. The van der Waals surface area contributed by atoms with Crippen molar-refractivity contribution in [2.75, 3.05) is 18.4 Å². The second-order valence-corrected chi connectivity index (χ2v) is 8.05. The first-order valence-corrected chi connectivity index (χ1v) is 10.3. The smallest absolute Gasteiger partial charge is 0.255 e. The van der Waals surface area contributed by atoms with Crippen LogP contribution < -0.4 is 16.0 Å². The number of nitrogens with one attached hydrogen (secondary N) is 3. The lowest BCUT2D eigenvalue weighted by molar-refractivity contribution is -0.135. The van der Waals surface area contributed by atoms with Crippen molar-refractivity contribution in [1.29, 1.82) is 0 Å². The lowest BCUT2D eigenvalue weighted by Gasteiger charge is -2.39. The van der Waals surface area contributed by atoms with Crippen molar-refractivity contribution in [3.05, 3.63) is 64.7 Å². The molecule has 3 amide bonds. The largest absolute Gasteiger partial charge is 0.362 e.